The molecule has 0 radical (unpaired) electrons. The molecule has 1 N–H and O–H groups in total. The van der Waals surface area contributed by atoms with Gasteiger partial charge in [-0.05, 0) is 23.6 Å². The number of nitrogens with zero attached hydrogens (tertiary/aromatic N) is 1. The predicted molar refractivity (Wildman–Crippen MR) is 93.2 cm³/mol. The maximum atomic E-state index is 11.7. The lowest BCUT2D eigenvalue weighted by molar-refractivity contribution is -0.384. The first-order valence-electron chi connectivity index (χ1n) is 6.84. The summed E-state index contributed by atoms with van der Waals surface area (Å²) in [6, 6.07) is 9.32. The van der Waals surface area contributed by atoms with E-state index >= 15 is 0 Å². The largest absolute Gasteiger partial charge is 0.455 e. The average Bonchev–Trinajstić information content (AvgIpc) is 3.07. The van der Waals surface area contributed by atoms with E-state index in [2.05, 4.69) is 5.32 Å². The summed E-state index contributed by atoms with van der Waals surface area (Å²) in [7, 11) is 0. The van der Waals surface area contributed by atoms with E-state index in [4.69, 9.17) is 4.74 Å². The first kappa shape index (κ1) is 18.0. The van der Waals surface area contributed by atoms with Crippen LogP contribution in [0.4, 0.5) is 11.4 Å². The molecule has 0 aliphatic heterocycles. The highest BCUT2D eigenvalue weighted by Gasteiger charge is 2.10. The molecule has 1 heterocycles. The van der Waals surface area contributed by atoms with Crippen LogP contribution in [0, 0.1) is 10.1 Å². The molecule has 0 fully saturated rings. The van der Waals surface area contributed by atoms with Gasteiger partial charge >= 0.3 is 5.97 Å². The van der Waals surface area contributed by atoms with Crippen LogP contribution in [-0.4, -0.2) is 29.2 Å². The monoisotopic (exact) mass is 366 g/mol. The summed E-state index contributed by atoms with van der Waals surface area (Å²) in [6.45, 7) is -0.393. The van der Waals surface area contributed by atoms with Gasteiger partial charge in [-0.15, -0.1) is 23.1 Å². The van der Waals surface area contributed by atoms with Gasteiger partial charge in [0, 0.05) is 28.5 Å². The minimum Gasteiger partial charge on any atom is -0.455 e. The van der Waals surface area contributed by atoms with Gasteiger partial charge in [0.2, 0.25) is 0 Å². The Kier molecular flexibility index (Phi) is 6.76. The van der Waals surface area contributed by atoms with Gasteiger partial charge in [0.15, 0.2) is 6.61 Å². The number of nitro benzene ring substituents is 1. The van der Waals surface area contributed by atoms with Gasteiger partial charge in [0.05, 0.1) is 10.7 Å². The second-order valence-corrected chi connectivity index (χ2v) is 6.60. The molecule has 0 unspecified atom stereocenters. The number of thiophene rings is 1. The molecule has 0 saturated heterocycles. The second-order valence-electron chi connectivity index (χ2n) is 4.59. The molecule has 0 bridgehead atoms. The molecular formula is C15H14N2O5S2. The summed E-state index contributed by atoms with van der Waals surface area (Å²) < 4.78 is 4.88. The van der Waals surface area contributed by atoms with Crippen molar-refractivity contribution in [3.63, 3.8) is 0 Å². The van der Waals surface area contributed by atoms with Gasteiger partial charge in [-0.2, -0.15) is 0 Å². The Balaban J connectivity index is 1.66. The van der Waals surface area contributed by atoms with Crippen LogP contribution in [0.5, 0.6) is 0 Å². The van der Waals surface area contributed by atoms with Gasteiger partial charge in [0.25, 0.3) is 11.6 Å². The van der Waals surface area contributed by atoms with Crippen molar-refractivity contribution in [1.29, 1.82) is 0 Å². The first-order chi connectivity index (χ1) is 11.5. The molecular weight excluding hydrogens is 352 g/mol. The molecule has 0 spiro atoms. The predicted octanol–water partition coefficient (Wildman–Crippen LogP) is 3.07. The number of ether oxygens (including phenoxy) is 1. The number of non-ortho nitro benzene ring substituents is 1. The van der Waals surface area contributed by atoms with E-state index in [-0.39, 0.29) is 11.4 Å². The number of rotatable bonds is 8. The number of esters is 1. The molecule has 9 heteroatoms. The molecule has 1 aromatic heterocycles. The molecule has 0 saturated carbocycles. The lowest BCUT2D eigenvalue weighted by Crippen LogP contribution is -2.21. The van der Waals surface area contributed by atoms with Gasteiger partial charge < -0.3 is 10.1 Å². The molecule has 0 aliphatic carbocycles. The third-order valence-electron chi connectivity index (χ3n) is 2.77. The molecule has 1 amide bonds. The number of hydrogen-bond acceptors (Lipinski definition) is 7. The summed E-state index contributed by atoms with van der Waals surface area (Å²) in [5.41, 5.74) is 0.330. The number of hydrogen-bond donors (Lipinski definition) is 1. The number of anilines is 1. The van der Waals surface area contributed by atoms with Crippen LogP contribution in [0.1, 0.15) is 4.88 Å². The van der Waals surface area contributed by atoms with E-state index in [1.165, 1.54) is 40.9 Å². The third kappa shape index (κ3) is 6.01. The van der Waals surface area contributed by atoms with E-state index in [0.29, 0.717) is 5.69 Å². The molecule has 7 nitrogen and oxygen atoms in total. The minimum absolute atomic E-state index is 0.0674. The lowest BCUT2D eigenvalue weighted by atomic mass is 10.3. The normalized spacial score (nSPS) is 10.2. The average molecular weight is 366 g/mol. The van der Waals surface area contributed by atoms with Crippen LogP contribution in [-0.2, 0) is 20.1 Å². The standard InChI is InChI=1S/C15H14N2O5S2/c18-14(16-11-3-5-12(6-4-11)17(20)21)8-22-15(19)10-23-9-13-2-1-7-24-13/h1-7H,8-10H2,(H,16,18). The maximum Gasteiger partial charge on any atom is 0.316 e. The molecule has 0 atom stereocenters. The van der Waals surface area contributed by atoms with E-state index in [1.807, 2.05) is 17.5 Å². The zero-order chi connectivity index (χ0) is 17.4. The van der Waals surface area contributed by atoms with Crippen LogP contribution in [0.15, 0.2) is 41.8 Å². The SMILES string of the molecule is O=C(COC(=O)CSCc1cccs1)Nc1ccc([N+](=O)[O-])cc1. The highest BCUT2D eigenvalue weighted by atomic mass is 32.2. The van der Waals surface area contributed by atoms with Crippen LogP contribution in [0.3, 0.4) is 0 Å². The fraction of sp³-hybridized carbons (Fsp3) is 0.200. The van der Waals surface area contributed by atoms with E-state index in [9.17, 15) is 19.7 Å². The van der Waals surface area contributed by atoms with Gasteiger partial charge in [-0.1, -0.05) is 6.07 Å². The van der Waals surface area contributed by atoms with Crippen molar-refractivity contribution >= 4 is 46.3 Å². The zero-order valence-electron chi connectivity index (χ0n) is 12.5. The van der Waals surface area contributed by atoms with Crippen molar-refractivity contribution in [3.8, 4) is 0 Å². The number of thioether (sulfide) groups is 1. The van der Waals surface area contributed by atoms with Crippen molar-refractivity contribution in [3.05, 3.63) is 56.8 Å². The Hall–Kier alpha value is -2.39. The van der Waals surface area contributed by atoms with Crippen LogP contribution in [0.25, 0.3) is 0 Å². The Bertz CT molecular complexity index is 701. The second kappa shape index (κ2) is 9.04. The molecule has 24 heavy (non-hydrogen) atoms. The van der Waals surface area contributed by atoms with Crippen molar-refractivity contribution in [1.82, 2.24) is 0 Å². The first-order valence-corrected chi connectivity index (χ1v) is 8.88. The van der Waals surface area contributed by atoms with Crippen molar-refractivity contribution in [2.24, 2.45) is 0 Å². The smallest absolute Gasteiger partial charge is 0.316 e. The fourth-order valence-electron chi connectivity index (χ4n) is 1.68. The summed E-state index contributed by atoms with van der Waals surface area (Å²) in [6.07, 6.45) is 0. The number of nitro groups is 1. The van der Waals surface area contributed by atoms with Crippen LogP contribution < -0.4 is 5.32 Å². The maximum absolute atomic E-state index is 11.7. The van der Waals surface area contributed by atoms with Crippen molar-refractivity contribution in [2.75, 3.05) is 17.7 Å². The zero-order valence-corrected chi connectivity index (χ0v) is 14.1. The number of carbonyl (C=O) groups excluding carboxylic acids is 2. The highest BCUT2D eigenvalue weighted by Crippen LogP contribution is 2.17. The Morgan fingerprint density at radius 3 is 2.62 bits per heavy atom. The Morgan fingerprint density at radius 2 is 2.00 bits per heavy atom. The lowest BCUT2D eigenvalue weighted by Gasteiger charge is -2.06. The number of nitrogens with one attached hydrogen (secondary N) is 1. The molecule has 2 aromatic rings. The van der Waals surface area contributed by atoms with E-state index in [0.717, 1.165) is 5.75 Å². The fourth-order valence-corrected chi connectivity index (χ4v) is 3.34. The minimum atomic E-state index is -0.527. The third-order valence-corrected chi connectivity index (χ3v) is 4.78. The molecule has 126 valence electrons. The quantitative estimate of drug-likeness (QED) is 0.438. The molecule has 1 aromatic carbocycles. The Morgan fingerprint density at radius 1 is 1.25 bits per heavy atom. The van der Waals surface area contributed by atoms with Crippen LogP contribution >= 0.6 is 23.1 Å². The topological polar surface area (TPSA) is 98.5 Å². The molecule has 0 aliphatic rings. The van der Waals surface area contributed by atoms with Gasteiger partial charge in [-0.3, -0.25) is 19.7 Å². The van der Waals surface area contributed by atoms with Gasteiger partial charge in [-0.25, -0.2) is 0 Å². The van der Waals surface area contributed by atoms with Crippen molar-refractivity contribution in [2.45, 2.75) is 5.75 Å². The van der Waals surface area contributed by atoms with E-state index < -0.39 is 23.4 Å². The summed E-state index contributed by atoms with van der Waals surface area (Å²) >= 11 is 3.04. The number of amides is 1. The highest BCUT2D eigenvalue weighted by molar-refractivity contribution is 7.99. The van der Waals surface area contributed by atoms with Crippen LogP contribution in [0.2, 0.25) is 0 Å². The summed E-state index contributed by atoms with van der Waals surface area (Å²) in [4.78, 5) is 34.4. The van der Waals surface area contributed by atoms with E-state index in [1.54, 1.807) is 11.3 Å². The molecule has 2 rings (SSSR count). The Labute approximate surface area is 146 Å². The summed E-state index contributed by atoms with van der Waals surface area (Å²) in [5, 5.41) is 15.0. The van der Waals surface area contributed by atoms with Gasteiger partial charge in [0.1, 0.15) is 0 Å². The summed E-state index contributed by atoms with van der Waals surface area (Å²) in [5.74, 6) is -0.0688. The number of benzene rings is 1. The van der Waals surface area contributed by atoms with Crippen molar-refractivity contribution < 1.29 is 19.2 Å². The number of carbonyl (C=O) groups is 2.